The van der Waals surface area contributed by atoms with Gasteiger partial charge in [0.1, 0.15) is 10.7 Å². The van der Waals surface area contributed by atoms with Crippen LogP contribution in [0.2, 0.25) is 0 Å². The first-order valence-corrected chi connectivity index (χ1v) is 8.40. The number of nitrogens with zero attached hydrogens (tertiary/aromatic N) is 2. The van der Waals surface area contributed by atoms with Gasteiger partial charge in [0.2, 0.25) is 10.0 Å². The minimum atomic E-state index is -3.95. The van der Waals surface area contributed by atoms with Crippen LogP contribution in [0.15, 0.2) is 23.2 Å². The summed E-state index contributed by atoms with van der Waals surface area (Å²) >= 11 is 1.40. The van der Waals surface area contributed by atoms with Crippen LogP contribution in [-0.4, -0.2) is 24.8 Å². The number of aryl methyl sites for hydroxylation is 2. The molecule has 8 heteroatoms. The maximum absolute atomic E-state index is 14.1. The van der Waals surface area contributed by atoms with Gasteiger partial charge in [0.05, 0.1) is 5.01 Å². The van der Waals surface area contributed by atoms with Crippen molar-refractivity contribution in [3.05, 3.63) is 39.6 Å². The zero-order valence-electron chi connectivity index (χ0n) is 11.9. The molecule has 0 saturated heterocycles. The van der Waals surface area contributed by atoms with Crippen molar-refractivity contribution in [3.63, 3.8) is 0 Å². The SMILES string of the molecule is Cc1ncc(CN(C)S(=O)(=O)c2cc(N)cc(C)c2F)s1. The summed E-state index contributed by atoms with van der Waals surface area (Å²) in [6, 6.07) is 2.55. The van der Waals surface area contributed by atoms with Gasteiger partial charge in [-0.3, -0.25) is 0 Å². The van der Waals surface area contributed by atoms with Crippen molar-refractivity contribution in [1.82, 2.24) is 9.29 Å². The number of thiazole rings is 1. The molecule has 114 valence electrons. The highest BCUT2D eigenvalue weighted by Gasteiger charge is 2.26. The van der Waals surface area contributed by atoms with E-state index in [0.717, 1.165) is 20.3 Å². The molecule has 0 unspecified atom stereocenters. The first-order chi connectivity index (χ1) is 9.71. The number of rotatable bonds is 4. The zero-order chi connectivity index (χ0) is 15.8. The van der Waals surface area contributed by atoms with Crippen LogP contribution >= 0.6 is 11.3 Å². The second-order valence-corrected chi connectivity index (χ2v) is 8.09. The molecule has 2 rings (SSSR count). The monoisotopic (exact) mass is 329 g/mol. The van der Waals surface area contributed by atoms with Crippen LogP contribution in [-0.2, 0) is 16.6 Å². The molecule has 0 fully saturated rings. The van der Waals surface area contributed by atoms with Gasteiger partial charge >= 0.3 is 0 Å². The fourth-order valence-electron chi connectivity index (χ4n) is 1.90. The van der Waals surface area contributed by atoms with Crippen molar-refractivity contribution in [2.24, 2.45) is 0 Å². The summed E-state index contributed by atoms with van der Waals surface area (Å²) in [5.74, 6) is -0.767. The van der Waals surface area contributed by atoms with Crippen LogP contribution in [0.5, 0.6) is 0 Å². The van der Waals surface area contributed by atoms with E-state index in [1.807, 2.05) is 6.92 Å². The minimum Gasteiger partial charge on any atom is -0.399 e. The van der Waals surface area contributed by atoms with Crippen molar-refractivity contribution in [3.8, 4) is 0 Å². The number of nitrogens with two attached hydrogens (primary N) is 1. The Morgan fingerprint density at radius 1 is 1.38 bits per heavy atom. The molecule has 1 aromatic heterocycles. The fourth-order valence-corrected chi connectivity index (χ4v) is 4.15. The summed E-state index contributed by atoms with van der Waals surface area (Å²) in [6.45, 7) is 3.46. The molecule has 0 atom stereocenters. The van der Waals surface area contributed by atoms with Crippen LogP contribution in [0.4, 0.5) is 10.1 Å². The first-order valence-electron chi connectivity index (χ1n) is 6.15. The molecule has 5 nitrogen and oxygen atoms in total. The highest BCUT2D eigenvalue weighted by molar-refractivity contribution is 7.89. The molecule has 0 spiro atoms. The second kappa shape index (κ2) is 5.70. The van der Waals surface area contributed by atoms with Crippen molar-refractivity contribution in [1.29, 1.82) is 0 Å². The number of anilines is 1. The topological polar surface area (TPSA) is 76.3 Å². The van der Waals surface area contributed by atoms with Crippen molar-refractivity contribution in [2.45, 2.75) is 25.3 Å². The van der Waals surface area contributed by atoms with Crippen LogP contribution in [0.3, 0.4) is 0 Å². The van der Waals surface area contributed by atoms with E-state index >= 15 is 0 Å². The van der Waals surface area contributed by atoms with Crippen LogP contribution in [0, 0.1) is 19.7 Å². The van der Waals surface area contributed by atoms with Gasteiger partial charge in [-0.05, 0) is 31.5 Å². The van der Waals surface area contributed by atoms with Gasteiger partial charge in [-0.2, -0.15) is 4.31 Å². The average Bonchev–Trinajstić information content (AvgIpc) is 2.79. The Kier molecular flexibility index (Phi) is 4.31. The lowest BCUT2D eigenvalue weighted by Gasteiger charge is -2.17. The minimum absolute atomic E-state index is 0.140. The van der Waals surface area contributed by atoms with E-state index in [1.54, 1.807) is 6.20 Å². The lowest BCUT2D eigenvalue weighted by Crippen LogP contribution is -2.27. The van der Waals surface area contributed by atoms with Gasteiger partial charge < -0.3 is 5.73 Å². The number of sulfonamides is 1. The summed E-state index contributed by atoms with van der Waals surface area (Å²) < 4.78 is 40.2. The van der Waals surface area contributed by atoms with E-state index in [2.05, 4.69) is 4.98 Å². The van der Waals surface area contributed by atoms with Gasteiger partial charge in [-0.25, -0.2) is 17.8 Å². The van der Waals surface area contributed by atoms with Gasteiger partial charge in [-0.15, -0.1) is 11.3 Å². The highest BCUT2D eigenvalue weighted by atomic mass is 32.2. The summed E-state index contributed by atoms with van der Waals surface area (Å²) in [6.07, 6.45) is 1.62. The van der Waals surface area contributed by atoms with Crippen molar-refractivity contribution < 1.29 is 12.8 Å². The van der Waals surface area contributed by atoms with Gasteiger partial charge in [0.25, 0.3) is 0 Å². The third kappa shape index (κ3) is 3.22. The molecule has 0 aliphatic rings. The molecule has 2 N–H and O–H groups in total. The Morgan fingerprint density at radius 2 is 2.05 bits per heavy atom. The third-order valence-electron chi connectivity index (χ3n) is 2.98. The highest BCUT2D eigenvalue weighted by Crippen LogP contribution is 2.25. The summed E-state index contributed by atoms with van der Waals surface area (Å²) in [7, 11) is -2.54. The normalized spacial score (nSPS) is 12.0. The first kappa shape index (κ1) is 15.9. The molecule has 0 aliphatic heterocycles. The van der Waals surface area contributed by atoms with E-state index < -0.39 is 20.7 Å². The van der Waals surface area contributed by atoms with E-state index in [1.165, 1.54) is 31.4 Å². The molecule has 0 bridgehead atoms. The maximum Gasteiger partial charge on any atom is 0.246 e. The Hall–Kier alpha value is -1.51. The summed E-state index contributed by atoms with van der Waals surface area (Å²) in [5.41, 5.74) is 6.04. The van der Waals surface area contributed by atoms with Crippen molar-refractivity contribution in [2.75, 3.05) is 12.8 Å². The smallest absolute Gasteiger partial charge is 0.246 e. The number of halogens is 1. The Bertz CT molecular complexity index is 772. The van der Waals surface area contributed by atoms with E-state index in [-0.39, 0.29) is 17.8 Å². The fraction of sp³-hybridized carbons (Fsp3) is 0.308. The van der Waals surface area contributed by atoms with Crippen LogP contribution < -0.4 is 5.73 Å². The standard InChI is InChI=1S/C13H16FN3O2S2/c1-8-4-10(15)5-12(13(8)14)21(18,19)17(3)7-11-6-16-9(2)20-11/h4-6H,7,15H2,1-3H3. The number of nitrogen functional groups attached to an aromatic ring is 1. The van der Waals surface area contributed by atoms with Crippen molar-refractivity contribution >= 4 is 27.0 Å². The average molecular weight is 329 g/mol. The Morgan fingerprint density at radius 3 is 2.62 bits per heavy atom. The number of hydrogen-bond donors (Lipinski definition) is 1. The van der Waals surface area contributed by atoms with Crippen LogP contribution in [0.1, 0.15) is 15.4 Å². The molecule has 0 amide bonds. The lowest BCUT2D eigenvalue weighted by molar-refractivity contribution is 0.462. The molecular formula is C13H16FN3O2S2. The molecule has 1 heterocycles. The molecular weight excluding hydrogens is 313 g/mol. The summed E-state index contributed by atoms with van der Waals surface area (Å²) in [4.78, 5) is 4.47. The number of aromatic nitrogens is 1. The Balaban J connectivity index is 2.37. The Labute approximate surface area is 127 Å². The predicted molar refractivity (Wildman–Crippen MR) is 81.1 cm³/mol. The third-order valence-corrected chi connectivity index (χ3v) is 5.68. The van der Waals surface area contributed by atoms with Gasteiger partial charge in [0, 0.05) is 30.4 Å². The molecule has 0 aliphatic carbocycles. The van der Waals surface area contributed by atoms with E-state index in [0.29, 0.717) is 0 Å². The van der Waals surface area contributed by atoms with E-state index in [9.17, 15) is 12.8 Å². The second-order valence-electron chi connectivity index (χ2n) is 4.76. The number of benzene rings is 1. The molecule has 0 saturated carbocycles. The molecule has 21 heavy (non-hydrogen) atoms. The quantitative estimate of drug-likeness (QED) is 0.873. The van der Waals surface area contributed by atoms with Crippen LogP contribution in [0.25, 0.3) is 0 Å². The van der Waals surface area contributed by atoms with Gasteiger partial charge in [0.15, 0.2) is 0 Å². The summed E-state index contributed by atoms with van der Waals surface area (Å²) in [5, 5.41) is 0.849. The molecule has 2 aromatic rings. The lowest BCUT2D eigenvalue weighted by atomic mass is 10.2. The predicted octanol–water partition coefficient (Wildman–Crippen LogP) is 2.30. The largest absolute Gasteiger partial charge is 0.399 e. The zero-order valence-corrected chi connectivity index (χ0v) is 13.6. The molecule has 0 radical (unpaired) electrons. The molecule has 1 aromatic carbocycles. The number of hydrogen-bond acceptors (Lipinski definition) is 5. The van der Waals surface area contributed by atoms with E-state index in [4.69, 9.17) is 5.73 Å². The van der Waals surface area contributed by atoms with Gasteiger partial charge in [-0.1, -0.05) is 0 Å². The maximum atomic E-state index is 14.1.